The Morgan fingerprint density at radius 2 is 1.57 bits per heavy atom. The second kappa shape index (κ2) is 12.1. The summed E-state index contributed by atoms with van der Waals surface area (Å²) in [5, 5.41) is 3.02. The summed E-state index contributed by atoms with van der Waals surface area (Å²) in [6.45, 7) is 10.8. The number of sulfonamides is 1. The first kappa shape index (κ1) is 28.1. The quantitative estimate of drug-likeness (QED) is 0.355. The predicted octanol–water partition coefficient (Wildman–Crippen LogP) is 5.56. The maximum absolute atomic E-state index is 12.9. The fourth-order valence-corrected chi connectivity index (χ4v) is 4.93. The minimum Gasteiger partial charge on any atom is -0.490 e. The van der Waals surface area contributed by atoms with Crippen molar-refractivity contribution in [2.24, 2.45) is 0 Å². The highest BCUT2D eigenvalue weighted by Gasteiger charge is 2.20. The van der Waals surface area contributed by atoms with E-state index in [1.54, 1.807) is 24.3 Å². The Hall–Kier alpha value is -3.52. The summed E-state index contributed by atoms with van der Waals surface area (Å²) in [4.78, 5) is 12.9. The standard InChI is InChI=1S/C29H36N2O5S/c1-7-35-27-16-15-25(18-28(27)36-8-2)22(5)30-29(32)24-13-11-23(12-14-24)19-31(37(6,33)34)26-17-20(3)9-10-21(26)4/h9-18,22H,7-8,19H2,1-6H3,(H,30,32)/t22-/m1/s1. The van der Waals surface area contributed by atoms with Crippen LogP contribution < -0.4 is 19.1 Å². The summed E-state index contributed by atoms with van der Waals surface area (Å²) in [5.41, 5.74) is 4.68. The molecule has 3 aromatic carbocycles. The Morgan fingerprint density at radius 1 is 0.919 bits per heavy atom. The van der Waals surface area contributed by atoms with Crippen LogP contribution in [0.3, 0.4) is 0 Å². The van der Waals surface area contributed by atoms with Gasteiger partial charge in [0.15, 0.2) is 11.5 Å². The van der Waals surface area contributed by atoms with E-state index < -0.39 is 10.0 Å². The van der Waals surface area contributed by atoms with Crippen LogP contribution in [0.4, 0.5) is 5.69 Å². The molecule has 37 heavy (non-hydrogen) atoms. The number of hydrogen-bond donors (Lipinski definition) is 1. The molecule has 7 nitrogen and oxygen atoms in total. The highest BCUT2D eigenvalue weighted by molar-refractivity contribution is 7.92. The molecule has 1 atom stereocenters. The highest BCUT2D eigenvalue weighted by Crippen LogP contribution is 2.31. The molecule has 0 aromatic heterocycles. The van der Waals surface area contributed by atoms with Crippen molar-refractivity contribution in [2.75, 3.05) is 23.8 Å². The molecule has 0 saturated heterocycles. The number of amides is 1. The van der Waals surface area contributed by atoms with Crippen molar-refractivity contribution in [1.82, 2.24) is 5.32 Å². The fraction of sp³-hybridized carbons (Fsp3) is 0.345. The number of benzene rings is 3. The van der Waals surface area contributed by atoms with Gasteiger partial charge in [0.2, 0.25) is 10.0 Å². The smallest absolute Gasteiger partial charge is 0.251 e. The molecular formula is C29H36N2O5S. The van der Waals surface area contributed by atoms with E-state index in [1.807, 2.05) is 71.0 Å². The largest absolute Gasteiger partial charge is 0.490 e. The number of nitrogens with zero attached hydrogens (tertiary/aromatic N) is 1. The molecule has 3 aromatic rings. The van der Waals surface area contributed by atoms with E-state index in [0.717, 1.165) is 22.3 Å². The molecule has 0 fully saturated rings. The minimum absolute atomic E-state index is 0.174. The average molecular weight is 525 g/mol. The first-order valence-electron chi connectivity index (χ1n) is 12.4. The molecule has 0 aliphatic rings. The van der Waals surface area contributed by atoms with Crippen molar-refractivity contribution < 1.29 is 22.7 Å². The Balaban J connectivity index is 1.74. The van der Waals surface area contributed by atoms with E-state index in [2.05, 4.69) is 5.32 Å². The van der Waals surface area contributed by atoms with Gasteiger partial charge in [-0.2, -0.15) is 0 Å². The zero-order chi connectivity index (χ0) is 27.2. The number of hydrogen-bond acceptors (Lipinski definition) is 5. The van der Waals surface area contributed by atoms with Crippen LogP contribution in [-0.2, 0) is 16.6 Å². The maximum atomic E-state index is 12.9. The van der Waals surface area contributed by atoms with Crippen LogP contribution in [0.25, 0.3) is 0 Å². The molecule has 0 saturated carbocycles. The van der Waals surface area contributed by atoms with E-state index in [-0.39, 0.29) is 18.5 Å². The van der Waals surface area contributed by atoms with E-state index in [9.17, 15) is 13.2 Å². The summed E-state index contributed by atoms with van der Waals surface area (Å²) >= 11 is 0. The topological polar surface area (TPSA) is 84.9 Å². The average Bonchev–Trinajstić information content (AvgIpc) is 2.85. The van der Waals surface area contributed by atoms with Gasteiger partial charge in [0.1, 0.15) is 0 Å². The van der Waals surface area contributed by atoms with Crippen molar-refractivity contribution in [3.05, 3.63) is 88.5 Å². The molecule has 0 aliphatic heterocycles. The number of carbonyl (C=O) groups is 1. The molecule has 0 radical (unpaired) electrons. The number of nitrogens with one attached hydrogen (secondary N) is 1. The van der Waals surface area contributed by atoms with Gasteiger partial charge in [0.05, 0.1) is 37.7 Å². The number of carbonyl (C=O) groups excluding carboxylic acids is 1. The van der Waals surface area contributed by atoms with E-state index in [1.165, 1.54) is 10.6 Å². The molecule has 1 amide bonds. The van der Waals surface area contributed by atoms with Crippen LogP contribution in [0.5, 0.6) is 11.5 Å². The molecule has 0 spiro atoms. The lowest BCUT2D eigenvalue weighted by Gasteiger charge is -2.25. The lowest BCUT2D eigenvalue weighted by Crippen LogP contribution is -2.30. The monoisotopic (exact) mass is 524 g/mol. The third kappa shape index (κ3) is 7.26. The Labute approximate surface area is 220 Å². The van der Waals surface area contributed by atoms with Crippen LogP contribution in [0.15, 0.2) is 60.7 Å². The highest BCUT2D eigenvalue weighted by atomic mass is 32.2. The van der Waals surface area contributed by atoms with Crippen LogP contribution >= 0.6 is 0 Å². The van der Waals surface area contributed by atoms with E-state index >= 15 is 0 Å². The van der Waals surface area contributed by atoms with Gasteiger partial charge in [-0.15, -0.1) is 0 Å². The van der Waals surface area contributed by atoms with Crippen molar-refractivity contribution in [3.8, 4) is 11.5 Å². The minimum atomic E-state index is -3.51. The number of ether oxygens (including phenoxy) is 2. The van der Waals surface area contributed by atoms with Crippen LogP contribution in [-0.4, -0.2) is 33.8 Å². The third-order valence-electron chi connectivity index (χ3n) is 5.99. The fourth-order valence-electron chi connectivity index (χ4n) is 4.00. The SMILES string of the molecule is CCOc1ccc([C@@H](C)NC(=O)c2ccc(CN(c3cc(C)ccc3C)S(C)(=O)=O)cc2)cc1OCC. The maximum Gasteiger partial charge on any atom is 0.251 e. The molecule has 0 bridgehead atoms. The van der Waals surface area contributed by atoms with Crippen LogP contribution in [0, 0.1) is 13.8 Å². The first-order chi connectivity index (χ1) is 17.5. The second-order valence-corrected chi connectivity index (χ2v) is 10.9. The lowest BCUT2D eigenvalue weighted by atomic mass is 10.1. The molecule has 0 aliphatic carbocycles. The lowest BCUT2D eigenvalue weighted by molar-refractivity contribution is 0.0939. The van der Waals surface area contributed by atoms with Gasteiger partial charge < -0.3 is 14.8 Å². The number of rotatable bonds is 11. The van der Waals surface area contributed by atoms with Gasteiger partial charge in [0, 0.05) is 5.56 Å². The van der Waals surface area contributed by atoms with Gasteiger partial charge in [-0.05, 0) is 87.2 Å². The first-order valence-corrected chi connectivity index (χ1v) is 14.2. The van der Waals surface area contributed by atoms with Gasteiger partial charge in [-0.3, -0.25) is 9.10 Å². The van der Waals surface area contributed by atoms with Crippen molar-refractivity contribution >= 4 is 21.6 Å². The summed E-state index contributed by atoms with van der Waals surface area (Å²) in [5.74, 6) is 1.10. The zero-order valence-corrected chi connectivity index (χ0v) is 23.2. The predicted molar refractivity (Wildman–Crippen MR) is 148 cm³/mol. The Bertz CT molecular complexity index is 1340. The molecule has 198 valence electrons. The summed E-state index contributed by atoms with van der Waals surface area (Å²) < 4.78 is 37.9. The van der Waals surface area contributed by atoms with E-state index in [4.69, 9.17) is 9.47 Å². The summed E-state index contributed by atoms with van der Waals surface area (Å²) in [6.07, 6.45) is 1.20. The van der Waals surface area contributed by atoms with Crippen LogP contribution in [0.1, 0.15) is 59.4 Å². The summed E-state index contributed by atoms with van der Waals surface area (Å²) in [6, 6.07) is 18.1. The van der Waals surface area contributed by atoms with Gasteiger partial charge >= 0.3 is 0 Å². The van der Waals surface area contributed by atoms with Crippen molar-refractivity contribution in [3.63, 3.8) is 0 Å². The molecule has 1 N–H and O–H groups in total. The van der Waals surface area contributed by atoms with E-state index in [0.29, 0.717) is 36.0 Å². The molecular weight excluding hydrogens is 488 g/mol. The second-order valence-electron chi connectivity index (χ2n) is 9.02. The van der Waals surface area contributed by atoms with Crippen LogP contribution in [0.2, 0.25) is 0 Å². The van der Waals surface area contributed by atoms with Crippen molar-refractivity contribution in [1.29, 1.82) is 0 Å². The van der Waals surface area contributed by atoms with Gasteiger partial charge in [-0.25, -0.2) is 8.42 Å². The van der Waals surface area contributed by atoms with Gasteiger partial charge in [-0.1, -0.05) is 30.3 Å². The molecule has 0 unspecified atom stereocenters. The van der Waals surface area contributed by atoms with Crippen molar-refractivity contribution in [2.45, 2.75) is 47.2 Å². The molecule has 0 heterocycles. The Kier molecular flexibility index (Phi) is 9.21. The zero-order valence-electron chi connectivity index (χ0n) is 22.4. The Morgan fingerprint density at radius 3 is 2.19 bits per heavy atom. The number of aryl methyl sites for hydroxylation is 2. The van der Waals surface area contributed by atoms with Gasteiger partial charge in [0.25, 0.3) is 5.91 Å². The number of anilines is 1. The third-order valence-corrected chi connectivity index (χ3v) is 7.12. The molecule has 3 rings (SSSR count). The normalized spacial score (nSPS) is 12.1. The molecule has 8 heteroatoms. The summed E-state index contributed by atoms with van der Waals surface area (Å²) in [7, 11) is -3.51.